The van der Waals surface area contributed by atoms with Gasteiger partial charge < -0.3 is 4.74 Å². The highest BCUT2D eigenvalue weighted by Gasteiger charge is 2.11. The first kappa shape index (κ1) is 16.3. The van der Waals surface area contributed by atoms with Gasteiger partial charge >= 0.3 is 0 Å². The van der Waals surface area contributed by atoms with Crippen LogP contribution in [0, 0.1) is 20.8 Å². The van der Waals surface area contributed by atoms with E-state index in [4.69, 9.17) is 4.74 Å². The maximum absolute atomic E-state index is 12.1. The molecule has 4 nitrogen and oxygen atoms in total. The van der Waals surface area contributed by atoms with E-state index in [1.54, 1.807) is 6.92 Å². The van der Waals surface area contributed by atoms with Crippen LogP contribution in [-0.2, 0) is 6.42 Å². The molecule has 0 aliphatic rings. The van der Waals surface area contributed by atoms with Gasteiger partial charge in [-0.2, -0.15) is 0 Å². The Hall–Kier alpha value is -2.10. The van der Waals surface area contributed by atoms with Crippen molar-refractivity contribution in [3.05, 3.63) is 56.5 Å². The Bertz CT molecular complexity index is 699. The summed E-state index contributed by atoms with van der Waals surface area (Å²) in [7, 11) is 0. The normalized spacial score (nSPS) is 12.2. The van der Waals surface area contributed by atoms with Crippen molar-refractivity contribution in [3.63, 3.8) is 0 Å². The third-order valence-corrected chi connectivity index (χ3v) is 3.77. The number of ether oxygens (including phenoxy) is 1. The summed E-state index contributed by atoms with van der Waals surface area (Å²) in [5, 5.41) is 0. The third kappa shape index (κ3) is 3.97. The van der Waals surface area contributed by atoms with Gasteiger partial charge in [-0.1, -0.05) is 36.2 Å². The minimum absolute atomic E-state index is 0.0277. The third-order valence-electron chi connectivity index (χ3n) is 3.77. The van der Waals surface area contributed by atoms with Crippen molar-refractivity contribution in [2.45, 2.75) is 53.6 Å². The Kier molecular flexibility index (Phi) is 5.01. The van der Waals surface area contributed by atoms with Crippen molar-refractivity contribution in [3.8, 4) is 6.01 Å². The zero-order chi connectivity index (χ0) is 16.3. The van der Waals surface area contributed by atoms with E-state index in [0.29, 0.717) is 18.0 Å². The first-order valence-corrected chi connectivity index (χ1v) is 7.72. The minimum atomic E-state index is -0.132. The van der Waals surface area contributed by atoms with Crippen LogP contribution in [-0.4, -0.2) is 16.1 Å². The molecule has 0 aliphatic carbocycles. The van der Waals surface area contributed by atoms with Gasteiger partial charge in [-0.15, -0.1) is 0 Å². The van der Waals surface area contributed by atoms with Crippen LogP contribution < -0.4 is 10.3 Å². The molecule has 0 aliphatic heterocycles. The highest BCUT2D eigenvalue weighted by atomic mass is 16.5. The number of rotatable bonds is 5. The summed E-state index contributed by atoms with van der Waals surface area (Å²) in [6.45, 7) is 9.95. The van der Waals surface area contributed by atoms with Crippen LogP contribution in [0.1, 0.15) is 48.2 Å². The van der Waals surface area contributed by atoms with Gasteiger partial charge in [0.15, 0.2) is 0 Å². The molecule has 0 fully saturated rings. The molecule has 0 amide bonds. The molecule has 1 aromatic heterocycles. The molecule has 1 N–H and O–H groups in total. The largest absolute Gasteiger partial charge is 0.462 e. The lowest BCUT2D eigenvalue weighted by Gasteiger charge is -2.13. The maximum atomic E-state index is 12.1. The van der Waals surface area contributed by atoms with Crippen LogP contribution >= 0.6 is 0 Å². The summed E-state index contributed by atoms with van der Waals surface area (Å²) < 4.78 is 5.66. The van der Waals surface area contributed by atoms with Gasteiger partial charge in [0.1, 0.15) is 0 Å². The van der Waals surface area contributed by atoms with Gasteiger partial charge in [-0.25, -0.2) is 4.98 Å². The highest BCUT2D eigenvalue weighted by Crippen LogP contribution is 2.15. The molecule has 0 saturated heterocycles. The minimum Gasteiger partial charge on any atom is -0.462 e. The van der Waals surface area contributed by atoms with E-state index < -0.39 is 0 Å². The Morgan fingerprint density at radius 3 is 2.41 bits per heavy atom. The Balaban J connectivity index is 2.35. The lowest BCUT2D eigenvalue weighted by Crippen LogP contribution is -2.20. The predicted molar refractivity (Wildman–Crippen MR) is 88.7 cm³/mol. The number of hydrogen-bond acceptors (Lipinski definition) is 3. The fourth-order valence-electron chi connectivity index (χ4n) is 2.42. The molecule has 1 unspecified atom stereocenters. The number of hydrogen-bond donors (Lipinski definition) is 1. The predicted octanol–water partition coefficient (Wildman–Crippen LogP) is 3.46. The number of aromatic nitrogens is 2. The SMILES string of the molecule is CCC(C)Oc1nc(Cc2cc(C)cc(C)c2)c(C)c(=O)[nH]1. The number of aromatic amines is 1. The highest BCUT2D eigenvalue weighted by molar-refractivity contribution is 5.33. The van der Waals surface area contributed by atoms with Crippen molar-refractivity contribution < 1.29 is 4.74 Å². The zero-order valence-electron chi connectivity index (χ0n) is 14.0. The summed E-state index contributed by atoms with van der Waals surface area (Å²) in [5.41, 5.74) is 4.88. The molecule has 2 rings (SSSR count). The van der Waals surface area contributed by atoms with Gasteiger partial charge in [-0.05, 0) is 39.7 Å². The summed E-state index contributed by atoms with van der Waals surface area (Å²) in [6.07, 6.45) is 1.53. The second-order valence-corrected chi connectivity index (χ2v) is 5.95. The smallest absolute Gasteiger partial charge is 0.296 e. The number of nitrogens with one attached hydrogen (secondary N) is 1. The Labute approximate surface area is 131 Å². The lowest BCUT2D eigenvalue weighted by atomic mass is 10.0. The van der Waals surface area contributed by atoms with Gasteiger partial charge in [0.05, 0.1) is 11.8 Å². The van der Waals surface area contributed by atoms with Crippen molar-refractivity contribution in [2.75, 3.05) is 0 Å². The van der Waals surface area contributed by atoms with Crippen LogP contribution in [0.25, 0.3) is 0 Å². The number of nitrogens with zero attached hydrogens (tertiary/aromatic N) is 1. The fraction of sp³-hybridized carbons (Fsp3) is 0.444. The molecule has 118 valence electrons. The van der Waals surface area contributed by atoms with Crippen molar-refractivity contribution >= 4 is 0 Å². The summed E-state index contributed by atoms with van der Waals surface area (Å²) >= 11 is 0. The number of aryl methyl sites for hydroxylation is 2. The van der Waals surface area contributed by atoms with E-state index in [2.05, 4.69) is 42.0 Å². The summed E-state index contributed by atoms with van der Waals surface area (Å²) in [6, 6.07) is 6.71. The number of benzene rings is 1. The quantitative estimate of drug-likeness (QED) is 0.920. The molecule has 2 aromatic rings. The van der Waals surface area contributed by atoms with E-state index in [-0.39, 0.29) is 11.7 Å². The molecule has 1 aromatic carbocycles. The van der Waals surface area contributed by atoms with Crippen LogP contribution in [0.2, 0.25) is 0 Å². The van der Waals surface area contributed by atoms with Crippen LogP contribution in [0.4, 0.5) is 0 Å². The molecule has 4 heteroatoms. The number of H-pyrrole nitrogens is 1. The lowest BCUT2D eigenvalue weighted by molar-refractivity contribution is 0.198. The maximum Gasteiger partial charge on any atom is 0.296 e. The van der Waals surface area contributed by atoms with E-state index in [1.807, 2.05) is 13.8 Å². The van der Waals surface area contributed by atoms with Gasteiger partial charge in [-0.3, -0.25) is 9.78 Å². The van der Waals surface area contributed by atoms with Gasteiger partial charge in [0.25, 0.3) is 11.6 Å². The molecule has 0 radical (unpaired) electrons. The van der Waals surface area contributed by atoms with Gasteiger partial charge in [0, 0.05) is 12.0 Å². The standard InChI is InChI=1S/C18H24N2O2/c1-6-13(4)22-18-19-16(14(5)17(21)20-18)10-15-8-11(2)7-12(3)9-15/h7-9,13H,6,10H2,1-5H3,(H,19,20,21). The monoisotopic (exact) mass is 300 g/mol. The van der Waals surface area contributed by atoms with E-state index in [9.17, 15) is 4.79 Å². The molecular weight excluding hydrogens is 276 g/mol. The Morgan fingerprint density at radius 2 is 1.82 bits per heavy atom. The first-order valence-electron chi connectivity index (χ1n) is 7.72. The van der Waals surface area contributed by atoms with Gasteiger partial charge in [0.2, 0.25) is 0 Å². The Morgan fingerprint density at radius 1 is 1.18 bits per heavy atom. The second kappa shape index (κ2) is 6.77. The molecule has 1 heterocycles. The summed E-state index contributed by atoms with van der Waals surface area (Å²) in [5.74, 6) is 0. The second-order valence-electron chi connectivity index (χ2n) is 5.95. The first-order chi connectivity index (χ1) is 10.4. The molecule has 0 spiro atoms. The van der Waals surface area contributed by atoms with Crippen molar-refractivity contribution in [1.82, 2.24) is 9.97 Å². The van der Waals surface area contributed by atoms with Crippen LogP contribution in [0.5, 0.6) is 6.01 Å². The van der Waals surface area contributed by atoms with Crippen LogP contribution in [0.15, 0.2) is 23.0 Å². The average molecular weight is 300 g/mol. The topological polar surface area (TPSA) is 55.0 Å². The fourth-order valence-corrected chi connectivity index (χ4v) is 2.42. The van der Waals surface area contributed by atoms with E-state index in [0.717, 1.165) is 17.7 Å². The average Bonchev–Trinajstić information content (AvgIpc) is 2.43. The van der Waals surface area contributed by atoms with E-state index in [1.165, 1.54) is 11.1 Å². The molecule has 1 atom stereocenters. The molecule has 0 saturated carbocycles. The van der Waals surface area contributed by atoms with E-state index >= 15 is 0 Å². The van der Waals surface area contributed by atoms with Crippen LogP contribution in [0.3, 0.4) is 0 Å². The molecule has 0 bridgehead atoms. The van der Waals surface area contributed by atoms with Crippen molar-refractivity contribution in [2.24, 2.45) is 0 Å². The van der Waals surface area contributed by atoms with Crippen molar-refractivity contribution in [1.29, 1.82) is 0 Å². The zero-order valence-corrected chi connectivity index (χ0v) is 14.0. The summed E-state index contributed by atoms with van der Waals surface area (Å²) in [4.78, 5) is 19.3. The molecule has 22 heavy (non-hydrogen) atoms. The molecular formula is C18H24N2O2.